The van der Waals surface area contributed by atoms with Crippen LogP contribution in [-0.4, -0.2) is 25.8 Å². The second-order valence-corrected chi connectivity index (χ2v) is 4.91. The lowest BCUT2D eigenvalue weighted by molar-refractivity contribution is 0.0699. The molecule has 0 aliphatic carbocycles. The van der Waals surface area contributed by atoms with Gasteiger partial charge >= 0.3 is 5.97 Å². The van der Waals surface area contributed by atoms with Gasteiger partial charge < -0.3 is 5.11 Å². The number of halogens is 1. The van der Waals surface area contributed by atoms with Crippen molar-refractivity contribution in [1.29, 1.82) is 0 Å². The Morgan fingerprint density at radius 3 is 2.71 bits per heavy atom. The van der Waals surface area contributed by atoms with Crippen LogP contribution in [0.2, 0.25) is 0 Å². The second kappa shape index (κ2) is 4.66. The first-order valence-corrected chi connectivity index (χ1v) is 6.29. The van der Waals surface area contributed by atoms with Crippen molar-refractivity contribution in [2.45, 2.75) is 6.92 Å². The minimum Gasteiger partial charge on any atom is -0.478 e. The highest BCUT2D eigenvalue weighted by Crippen LogP contribution is 2.27. The Morgan fingerprint density at radius 1 is 1.33 bits per heavy atom. The second-order valence-electron chi connectivity index (χ2n) is 4.91. The van der Waals surface area contributed by atoms with Crippen LogP contribution in [0.15, 0.2) is 30.6 Å². The summed E-state index contributed by atoms with van der Waals surface area (Å²) in [5.41, 5.74) is 1.76. The van der Waals surface area contributed by atoms with Crippen molar-refractivity contribution in [1.82, 2.24) is 14.8 Å². The fourth-order valence-corrected chi connectivity index (χ4v) is 2.30. The van der Waals surface area contributed by atoms with Crippen LogP contribution in [-0.2, 0) is 7.05 Å². The molecule has 0 unspecified atom stereocenters. The Morgan fingerprint density at radius 2 is 2.10 bits per heavy atom. The zero-order valence-electron chi connectivity index (χ0n) is 11.5. The number of carbonyl (C=O) groups is 1. The van der Waals surface area contributed by atoms with Crippen molar-refractivity contribution in [3.05, 3.63) is 47.5 Å². The molecule has 0 saturated carbocycles. The maximum absolute atomic E-state index is 14.1. The van der Waals surface area contributed by atoms with Crippen LogP contribution < -0.4 is 0 Å². The van der Waals surface area contributed by atoms with Gasteiger partial charge in [-0.1, -0.05) is 0 Å². The molecule has 21 heavy (non-hydrogen) atoms. The highest BCUT2D eigenvalue weighted by Gasteiger charge is 2.16. The van der Waals surface area contributed by atoms with Gasteiger partial charge in [0.25, 0.3) is 0 Å². The summed E-state index contributed by atoms with van der Waals surface area (Å²) < 4.78 is 15.7. The number of benzene rings is 1. The standard InChI is InChI=1S/C15H12FN3O2/c1-8-3-10-11(15(20)21)5-13(9-6-17-19(2)7-9)18-14(10)12(16)4-8/h3-7H,1-2H3,(H,20,21). The van der Waals surface area contributed by atoms with Crippen LogP contribution >= 0.6 is 0 Å². The van der Waals surface area contributed by atoms with E-state index in [-0.39, 0.29) is 11.1 Å². The van der Waals surface area contributed by atoms with Crippen LogP contribution in [0.25, 0.3) is 22.2 Å². The number of rotatable bonds is 2. The highest BCUT2D eigenvalue weighted by molar-refractivity contribution is 6.04. The predicted molar refractivity (Wildman–Crippen MR) is 75.6 cm³/mol. The van der Waals surface area contributed by atoms with E-state index in [1.54, 1.807) is 37.1 Å². The molecule has 0 amide bonds. The molecule has 0 fully saturated rings. The van der Waals surface area contributed by atoms with Gasteiger partial charge in [-0.05, 0) is 30.7 Å². The molecule has 1 aromatic carbocycles. The SMILES string of the molecule is Cc1cc(F)c2nc(-c3cnn(C)c3)cc(C(=O)O)c2c1. The molecular formula is C15H12FN3O2. The van der Waals surface area contributed by atoms with Crippen LogP contribution in [0.4, 0.5) is 4.39 Å². The summed E-state index contributed by atoms with van der Waals surface area (Å²) in [4.78, 5) is 15.7. The molecule has 0 aliphatic heterocycles. The van der Waals surface area contributed by atoms with E-state index < -0.39 is 11.8 Å². The molecule has 0 radical (unpaired) electrons. The smallest absolute Gasteiger partial charge is 0.336 e. The number of nitrogens with zero attached hydrogens (tertiary/aromatic N) is 3. The molecule has 2 heterocycles. The maximum Gasteiger partial charge on any atom is 0.336 e. The maximum atomic E-state index is 14.1. The summed E-state index contributed by atoms with van der Waals surface area (Å²) in [7, 11) is 1.74. The van der Waals surface area contributed by atoms with Gasteiger partial charge in [-0.3, -0.25) is 4.68 Å². The average molecular weight is 285 g/mol. The van der Waals surface area contributed by atoms with Crippen molar-refractivity contribution in [3.8, 4) is 11.3 Å². The average Bonchev–Trinajstić information content (AvgIpc) is 2.84. The summed E-state index contributed by atoms with van der Waals surface area (Å²) in [5.74, 6) is -1.64. The van der Waals surface area contributed by atoms with Gasteiger partial charge in [0.1, 0.15) is 11.3 Å². The summed E-state index contributed by atoms with van der Waals surface area (Å²) in [5, 5.41) is 13.7. The van der Waals surface area contributed by atoms with Gasteiger partial charge in [-0.2, -0.15) is 5.10 Å². The molecule has 0 atom stereocenters. The van der Waals surface area contributed by atoms with Crippen molar-refractivity contribution < 1.29 is 14.3 Å². The fourth-order valence-electron chi connectivity index (χ4n) is 2.30. The number of pyridine rings is 1. The zero-order chi connectivity index (χ0) is 15.1. The molecule has 0 bridgehead atoms. The number of aromatic carboxylic acids is 1. The fraction of sp³-hybridized carbons (Fsp3) is 0.133. The minimum atomic E-state index is -1.11. The lowest BCUT2D eigenvalue weighted by atomic mass is 10.0. The lowest BCUT2D eigenvalue weighted by Crippen LogP contribution is -2.01. The Bertz CT molecular complexity index is 871. The summed E-state index contributed by atoms with van der Waals surface area (Å²) >= 11 is 0. The van der Waals surface area contributed by atoms with E-state index in [4.69, 9.17) is 0 Å². The predicted octanol–water partition coefficient (Wildman–Crippen LogP) is 2.78. The molecule has 0 aliphatic rings. The minimum absolute atomic E-state index is 0.0291. The molecule has 3 aromatic rings. The zero-order valence-corrected chi connectivity index (χ0v) is 11.5. The number of aromatic nitrogens is 3. The molecule has 3 rings (SSSR count). The summed E-state index contributed by atoms with van der Waals surface area (Å²) in [6.07, 6.45) is 3.26. The number of hydrogen-bond acceptors (Lipinski definition) is 3. The first-order valence-electron chi connectivity index (χ1n) is 6.29. The van der Waals surface area contributed by atoms with Gasteiger partial charge in [0, 0.05) is 24.2 Å². The van der Waals surface area contributed by atoms with Crippen molar-refractivity contribution in [2.75, 3.05) is 0 Å². The van der Waals surface area contributed by atoms with Gasteiger partial charge in [-0.25, -0.2) is 14.2 Å². The molecule has 5 nitrogen and oxygen atoms in total. The molecule has 1 N–H and O–H groups in total. The Balaban J connectivity index is 2.37. The van der Waals surface area contributed by atoms with Crippen LogP contribution in [0.3, 0.4) is 0 Å². The van der Waals surface area contributed by atoms with Gasteiger partial charge in [-0.15, -0.1) is 0 Å². The lowest BCUT2D eigenvalue weighted by Gasteiger charge is -2.07. The quantitative estimate of drug-likeness (QED) is 0.786. The van der Waals surface area contributed by atoms with Crippen molar-refractivity contribution in [2.24, 2.45) is 7.05 Å². The topological polar surface area (TPSA) is 68.0 Å². The number of carboxylic acids is 1. The van der Waals surface area contributed by atoms with E-state index >= 15 is 0 Å². The van der Waals surface area contributed by atoms with Gasteiger partial charge in [0.15, 0.2) is 0 Å². The van der Waals surface area contributed by atoms with E-state index in [1.807, 2.05) is 0 Å². The van der Waals surface area contributed by atoms with E-state index in [2.05, 4.69) is 10.1 Å². The van der Waals surface area contributed by atoms with E-state index in [1.165, 1.54) is 12.1 Å². The Hall–Kier alpha value is -2.76. The third kappa shape index (κ3) is 2.24. The molecule has 2 aromatic heterocycles. The number of aryl methyl sites for hydroxylation is 2. The summed E-state index contributed by atoms with van der Waals surface area (Å²) in [6, 6.07) is 4.41. The number of hydrogen-bond donors (Lipinski definition) is 1. The van der Waals surface area contributed by atoms with Crippen molar-refractivity contribution in [3.63, 3.8) is 0 Å². The van der Waals surface area contributed by atoms with Crippen LogP contribution in [0, 0.1) is 12.7 Å². The Labute approximate surface area is 119 Å². The highest BCUT2D eigenvalue weighted by atomic mass is 19.1. The van der Waals surface area contributed by atoms with Crippen LogP contribution in [0.5, 0.6) is 0 Å². The molecule has 6 heteroatoms. The molecule has 0 spiro atoms. The largest absolute Gasteiger partial charge is 0.478 e. The summed E-state index contributed by atoms with van der Waals surface area (Å²) in [6.45, 7) is 1.71. The van der Waals surface area contributed by atoms with Gasteiger partial charge in [0.2, 0.25) is 0 Å². The molecular weight excluding hydrogens is 273 g/mol. The molecule has 106 valence electrons. The first-order chi connectivity index (χ1) is 9.95. The first kappa shape index (κ1) is 13.2. The van der Waals surface area contributed by atoms with E-state index in [0.29, 0.717) is 22.2 Å². The monoisotopic (exact) mass is 285 g/mol. The molecule has 0 saturated heterocycles. The van der Waals surface area contributed by atoms with Crippen molar-refractivity contribution >= 4 is 16.9 Å². The number of fused-ring (bicyclic) bond motifs is 1. The van der Waals surface area contributed by atoms with Gasteiger partial charge in [0.05, 0.1) is 17.5 Å². The van der Waals surface area contributed by atoms with E-state index in [0.717, 1.165) is 0 Å². The third-order valence-corrected chi connectivity index (χ3v) is 3.24. The van der Waals surface area contributed by atoms with Crippen LogP contribution in [0.1, 0.15) is 15.9 Å². The third-order valence-electron chi connectivity index (χ3n) is 3.24. The number of carboxylic acid groups (broad SMARTS) is 1. The van der Waals surface area contributed by atoms with E-state index in [9.17, 15) is 14.3 Å². The Kier molecular flexibility index (Phi) is 2.94. The normalized spacial score (nSPS) is 11.0.